The lowest BCUT2D eigenvalue weighted by Gasteiger charge is -2.10. The van der Waals surface area contributed by atoms with Gasteiger partial charge in [-0.2, -0.15) is 0 Å². The largest absolute Gasteiger partial charge is 0.357 e. The Bertz CT molecular complexity index is 567. The first kappa shape index (κ1) is 12.5. The van der Waals surface area contributed by atoms with Crippen molar-refractivity contribution in [3.8, 4) is 0 Å². The first-order chi connectivity index (χ1) is 9.40. The molecule has 3 rings (SSSR count). The molecule has 1 nitrogen and oxygen atoms in total. The average molecular weight is 268 g/mol. The Hall–Kier alpha value is -1.51. The van der Waals surface area contributed by atoms with E-state index in [9.17, 15) is 0 Å². The first-order valence-corrected chi connectivity index (χ1v) is 7.68. The molecule has 0 unspecified atom stereocenters. The van der Waals surface area contributed by atoms with Gasteiger partial charge in [-0.3, -0.25) is 0 Å². The summed E-state index contributed by atoms with van der Waals surface area (Å²) in [6.45, 7) is 0.945. The highest BCUT2D eigenvalue weighted by atomic mass is 32.2. The van der Waals surface area contributed by atoms with Gasteiger partial charge in [-0.25, -0.2) is 0 Å². The minimum absolute atomic E-state index is 0.945. The van der Waals surface area contributed by atoms with Crippen LogP contribution in [0.5, 0.6) is 0 Å². The second-order valence-corrected chi connectivity index (χ2v) is 5.72. The molecule has 0 aliphatic carbocycles. The molecule has 0 spiro atoms. The van der Waals surface area contributed by atoms with Gasteiger partial charge in [0.15, 0.2) is 0 Å². The first-order valence-electron chi connectivity index (χ1n) is 6.70. The summed E-state index contributed by atoms with van der Waals surface area (Å²) in [6.07, 6.45) is 3.37. The second-order valence-electron chi connectivity index (χ2n) is 4.70. The maximum Gasteiger partial charge on any atom is 0.0775 e. The van der Waals surface area contributed by atoms with Crippen LogP contribution in [0, 0.1) is 0 Å². The lowest BCUT2D eigenvalue weighted by Crippen LogP contribution is -2.49. The van der Waals surface area contributed by atoms with Crippen LogP contribution in [0.4, 0.5) is 0 Å². The predicted octanol–water partition coefficient (Wildman–Crippen LogP) is 3.36. The molecule has 2 aromatic rings. The van der Waals surface area contributed by atoms with Crippen molar-refractivity contribution in [2.24, 2.45) is 0 Å². The van der Waals surface area contributed by atoms with Crippen LogP contribution in [-0.4, -0.2) is 6.54 Å². The van der Waals surface area contributed by atoms with E-state index in [0.717, 1.165) is 18.7 Å². The molecule has 2 heteroatoms. The molecule has 1 heterocycles. The summed E-state index contributed by atoms with van der Waals surface area (Å²) in [4.78, 5) is 1.38. The SMILES string of the molecule is [NH3+]CC/C=C1/c2ccccc2CSc2ccccc21. The van der Waals surface area contributed by atoms with Crippen LogP contribution < -0.4 is 5.73 Å². The van der Waals surface area contributed by atoms with Crippen molar-refractivity contribution in [3.05, 3.63) is 71.3 Å². The van der Waals surface area contributed by atoms with Crippen LogP contribution in [0.3, 0.4) is 0 Å². The van der Waals surface area contributed by atoms with Crippen molar-refractivity contribution in [2.45, 2.75) is 17.1 Å². The molecule has 0 amide bonds. The van der Waals surface area contributed by atoms with Crippen molar-refractivity contribution >= 4 is 17.3 Å². The Morgan fingerprint density at radius 2 is 1.74 bits per heavy atom. The summed E-state index contributed by atoms with van der Waals surface area (Å²) in [6, 6.07) is 17.5. The minimum atomic E-state index is 0.945. The Balaban J connectivity index is 2.19. The number of quaternary nitrogens is 1. The smallest absolute Gasteiger partial charge is 0.0775 e. The summed E-state index contributed by atoms with van der Waals surface area (Å²) in [5.74, 6) is 1.05. The van der Waals surface area contributed by atoms with Gasteiger partial charge in [-0.05, 0) is 28.3 Å². The highest BCUT2D eigenvalue weighted by molar-refractivity contribution is 7.98. The quantitative estimate of drug-likeness (QED) is 0.888. The molecular weight excluding hydrogens is 250 g/mol. The number of hydrogen-bond acceptors (Lipinski definition) is 1. The van der Waals surface area contributed by atoms with Gasteiger partial charge in [0.1, 0.15) is 0 Å². The predicted molar refractivity (Wildman–Crippen MR) is 81.9 cm³/mol. The Morgan fingerprint density at radius 1 is 1.00 bits per heavy atom. The maximum atomic E-state index is 3.96. The van der Waals surface area contributed by atoms with Crippen LogP contribution in [0.15, 0.2) is 59.5 Å². The van der Waals surface area contributed by atoms with Gasteiger partial charge in [0, 0.05) is 17.1 Å². The molecule has 19 heavy (non-hydrogen) atoms. The molecule has 2 aromatic carbocycles. The lowest BCUT2D eigenvalue weighted by atomic mass is 9.93. The summed E-state index contributed by atoms with van der Waals surface area (Å²) in [5, 5.41) is 0. The van der Waals surface area contributed by atoms with Crippen molar-refractivity contribution in [2.75, 3.05) is 6.54 Å². The summed E-state index contributed by atoms with van der Waals surface area (Å²) < 4.78 is 0. The highest BCUT2D eigenvalue weighted by Gasteiger charge is 2.17. The molecule has 0 atom stereocenters. The zero-order chi connectivity index (χ0) is 13.1. The summed E-state index contributed by atoms with van der Waals surface area (Å²) in [7, 11) is 0. The van der Waals surface area contributed by atoms with Crippen LogP contribution in [-0.2, 0) is 5.75 Å². The van der Waals surface area contributed by atoms with E-state index in [1.807, 2.05) is 11.8 Å². The summed E-state index contributed by atoms with van der Waals surface area (Å²) in [5.41, 5.74) is 9.51. The molecule has 96 valence electrons. The molecule has 0 saturated heterocycles. The molecule has 0 fully saturated rings. The monoisotopic (exact) mass is 268 g/mol. The van der Waals surface area contributed by atoms with Gasteiger partial charge in [0.2, 0.25) is 0 Å². The van der Waals surface area contributed by atoms with Crippen LogP contribution >= 0.6 is 11.8 Å². The zero-order valence-electron chi connectivity index (χ0n) is 10.9. The van der Waals surface area contributed by atoms with Crippen molar-refractivity contribution in [1.29, 1.82) is 0 Å². The molecule has 1 aliphatic heterocycles. The van der Waals surface area contributed by atoms with Gasteiger partial charge in [-0.1, -0.05) is 48.5 Å². The van der Waals surface area contributed by atoms with E-state index >= 15 is 0 Å². The minimum Gasteiger partial charge on any atom is -0.357 e. The van der Waals surface area contributed by atoms with Crippen LogP contribution in [0.2, 0.25) is 0 Å². The normalized spacial score (nSPS) is 15.7. The van der Waals surface area contributed by atoms with E-state index in [1.165, 1.54) is 27.2 Å². The molecule has 1 aliphatic rings. The average Bonchev–Trinajstić information content (AvgIpc) is 2.62. The van der Waals surface area contributed by atoms with Crippen molar-refractivity contribution in [1.82, 2.24) is 0 Å². The number of rotatable bonds is 2. The molecule has 0 bridgehead atoms. The van der Waals surface area contributed by atoms with Gasteiger partial charge in [0.25, 0.3) is 0 Å². The van der Waals surface area contributed by atoms with Gasteiger partial charge >= 0.3 is 0 Å². The van der Waals surface area contributed by atoms with Crippen molar-refractivity contribution < 1.29 is 5.73 Å². The van der Waals surface area contributed by atoms with E-state index in [1.54, 1.807) is 0 Å². The number of fused-ring (bicyclic) bond motifs is 2. The highest BCUT2D eigenvalue weighted by Crippen LogP contribution is 2.39. The zero-order valence-corrected chi connectivity index (χ0v) is 11.7. The Morgan fingerprint density at radius 3 is 2.58 bits per heavy atom. The third-order valence-corrected chi connectivity index (χ3v) is 4.54. The topological polar surface area (TPSA) is 27.6 Å². The van der Waals surface area contributed by atoms with E-state index in [2.05, 4.69) is 60.3 Å². The van der Waals surface area contributed by atoms with Crippen LogP contribution in [0.25, 0.3) is 5.57 Å². The van der Waals surface area contributed by atoms with E-state index in [0.29, 0.717) is 0 Å². The number of benzene rings is 2. The fourth-order valence-electron chi connectivity index (χ4n) is 2.49. The fraction of sp³-hybridized carbons (Fsp3) is 0.176. The maximum absolute atomic E-state index is 3.96. The summed E-state index contributed by atoms with van der Waals surface area (Å²) >= 11 is 1.93. The third kappa shape index (κ3) is 2.46. The van der Waals surface area contributed by atoms with Gasteiger partial charge in [-0.15, -0.1) is 11.8 Å². The third-order valence-electron chi connectivity index (χ3n) is 3.42. The fourth-order valence-corrected chi connectivity index (χ4v) is 3.56. The van der Waals surface area contributed by atoms with Gasteiger partial charge < -0.3 is 5.73 Å². The lowest BCUT2D eigenvalue weighted by molar-refractivity contribution is -0.365. The van der Waals surface area contributed by atoms with Crippen molar-refractivity contribution in [3.63, 3.8) is 0 Å². The standard InChI is InChI=1S/C17H17NS/c18-11-5-9-15-14-7-2-1-6-13(14)12-19-17-10-4-3-8-16(15)17/h1-4,6-10H,5,11-12,18H2/p+1/b15-9-. The van der Waals surface area contributed by atoms with Crippen LogP contribution in [0.1, 0.15) is 23.1 Å². The molecular formula is C17H18NS+. The van der Waals surface area contributed by atoms with E-state index < -0.39 is 0 Å². The van der Waals surface area contributed by atoms with E-state index in [-0.39, 0.29) is 0 Å². The molecule has 3 N–H and O–H groups in total. The molecule has 0 aromatic heterocycles. The van der Waals surface area contributed by atoms with E-state index in [4.69, 9.17) is 0 Å². The van der Waals surface area contributed by atoms with Gasteiger partial charge in [0.05, 0.1) is 6.54 Å². The number of hydrogen-bond donors (Lipinski definition) is 1. The Kier molecular flexibility index (Phi) is 3.72. The molecule has 0 saturated carbocycles. The number of thioether (sulfide) groups is 1. The second kappa shape index (κ2) is 5.64. The molecule has 0 radical (unpaired) electrons. The Labute approximate surface area is 118 Å².